The Balaban J connectivity index is 1.66. The molecule has 0 saturated carbocycles. The van der Waals surface area contributed by atoms with Crippen molar-refractivity contribution in [1.82, 2.24) is 10.2 Å². The van der Waals surface area contributed by atoms with Gasteiger partial charge in [-0.15, -0.1) is 0 Å². The summed E-state index contributed by atoms with van der Waals surface area (Å²) in [6.07, 6.45) is 3.25. The van der Waals surface area contributed by atoms with Crippen molar-refractivity contribution in [3.8, 4) is 0 Å². The fourth-order valence-electron chi connectivity index (χ4n) is 3.39. The van der Waals surface area contributed by atoms with Crippen LogP contribution in [0.3, 0.4) is 0 Å². The normalized spacial score (nSPS) is 24.3. The second kappa shape index (κ2) is 6.89. The van der Waals surface area contributed by atoms with Crippen LogP contribution < -0.4 is 10.2 Å². The minimum absolute atomic E-state index is 0.0313. The number of rotatable bonds is 4. The van der Waals surface area contributed by atoms with Gasteiger partial charge in [0.1, 0.15) is 6.04 Å². The molecule has 2 aliphatic rings. The van der Waals surface area contributed by atoms with Gasteiger partial charge >= 0.3 is 0 Å². The van der Waals surface area contributed by atoms with Gasteiger partial charge in [-0.3, -0.25) is 9.59 Å². The van der Waals surface area contributed by atoms with Crippen molar-refractivity contribution in [3.05, 3.63) is 29.3 Å². The highest BCUT2D eigenvalue weighted by Crippen LogP contribution is 2.30. The maximum atomic E-state index is 12.7. The molecular formula is C17H22ClN3O2. The van der Waals surface area contributed by atoms with Crippen LogP contribution in [0.25, 0.3) is 0 Å². The fourth-order valence-corrected chi connectivity index (χ4v) is 3.63. The molecule has 5 nitrogen and oxygen atoms in total. The Morgan fingerprint density at radius 1 is 1.39 bits per heavy atom. The summed E-state index contributed by atoms with van der Waals surface area (Å²) in [5.41, 5.74) is 0.722. The van der Waals surface area contributed by atoms with Crippen LogP contribution in [0, 0.1) is 0 Å². The van der Waals surface area contributed by atoms with E-state index in [1.807, 2.05) is 18.2 Å². The van der Waals surface area contributed by atoms with E-state index >= 15 is 0 Å². The minimum atomic E-state index is -0.389. The Bertz CT molecular complexity index is 601. The monoisotopic (exact) mass is 335 g/mol. The zero-order valence-corrected chi connectivity index (χ0v) is 14.1. The first kappa shape index (κ1) is 16.3. The van der Waals surface area contributed by atoms with E-state index in [1.54, 1.807) is 22.9 Å². The number of hydrogen-bond acceptors (Lipinski definition) is 3. The lowest BCUT2D eigenvalue weighted by Gasteiger charge is -2.25. The van der Waals surface area contributed by atoms with Gasteiger partial charge in [0.2, 0.25) is 11.8 Å². The summed E-state index contributed by atoms with van der Waals surface area (Å²) in [5, 5.41) is 3.89. The molecule has 0 aliphatic carbocycles. The van der Waals surface area contributed by atoms with E-state index in [-0.39, 0.29) is 23.9 Å². The van der Waals surface area contributed by atoms with Gasteiger partial charge in [0.15, 0.2) is 0 Å². The molecule has 3 rings (SSSR count). The first-order chi connectivity index (χ1) is 11.1. The number of nitrogens with zero attached hydrogens (tertiary/aromatic N) is 2. The van der Waals surface area contributed by atoms with Crippen LogP contribution >= 0.6 is 11.6 Å². The Morgan fingerprint density at radius 2 is 2.17 bits per heavy atom. The quantitative estimate of drug-likeness (QED) is 0.916. The van der Waals surface area contributed by atoms with Crippen molar-refractivity contribution in [1.29, 1.82) is 0 Å². The first-order valence-corrected chi connectivity index (χ1v) is 8.50. The molecule has 2 amide bonds. The van der Waals surface area contributed by atoms with Gasteiger partial charge in [-0.2, -0.15) is 0 Å². The van der Waals surface area contributed by atoms with Crippen molar-refractivity contribution in [2.45, 2.75) is 37.8 Å². The molecule has 2 heterocycles. The second-order valence-electron chi connectivity index (χ2n) is 6.25. The van der Waals surface area contributed by atoms with Crippen molar-refractivity contribution >= 4 is 29.1 Å². The second-order valence-corrected chi connectivity index (χ2v) is 6.66. The molecule has 2 atom stereocenters. The number of carbonyl (C=O) groups excluding carboxylic acids is 2. The van der Waals surface area contributed by atoms with Crippen molar-refractivity contribution in [2.75, 3.05) is 25.0 Å². The molecule has 0 spiro atoms. The lowest BCUT2D eigenvalue weighted by molar-refractivity contribution is -0.137. The lowest BCUT2D eigenvalue weighted by Crippen LogP contribution is -2.44. The SMILES string of the molecule is CN(C(=O)CC1CCCN1)C1CCN(c2ccccc2Cl)C1=O. The standard InChI is InChI=1S/C17H22ClN3O2/c1-20(16(22)11-12-5-4-9-19-12)15-8-10-21(17(15)23)14-7-3-2-6-13(14)18/h2-3,6-7,12,15,19H,4-5,8-11H2,1H3. The molecule has 2 aliphatic heterocycles. The van der Waals surface area contributed by atoms with E-state index in [0.717, 1.165) is 25.1 Å². The maximum Gasteiger partial charge on any atom is 0.249 e. The van der Waals surface area contributed by atoms with Gasteiger partial charge in [0, 0.05) is 26.1 Å². The van der Waals surface area contributed by atoms with Crippen molar-refractivity contribution < 1.29 is 9.59 Å². The van der Waals surface area contributed by atoms with E-state index in [9.17, 15) is 9.59 Å². The summed E-state index contributed by atoms with van der Waals surface area (Å²) in [7, 11) is 1.73. The third-order valence-electron chi connectivity index (χ3n) is 4.76. The number of halogens is 1. The number of likely N-dealkylation sites (N-methyl/N-ethyl adjacent to an activating group) is 1. The summed E-state index contributed by atoms with van der Waals surface area (Å²) < 4.78 is 0. The van der Waals surface area contributed by atoms with E-state index in [0.29, 0.717) is 24.4 Å². The summed E-state index contributed by atoms with van der Waals surface area (Å²) >= 11 is 6.19. The highest BCUT2D eigenvalue weighted by molar-refractivity contribution is 6.34. The van der Waals surface area contributed by atoms with Crippen molar-refractivity contribution in [3.63, 3.8) is 0 Å². The molecule has 23 heavy (non-hydrogen) atoms. The number of hydrogen-bond donors (Lipinski definition) is 1. The van der Waals surface area contributed by atoms with Crippen LogP contribution in [0.5, 0.6) is 0 Å². The van der Waals surface area contributed by atoms with E-state index in [1.165, 1.54) is 0 Å². The number of para-hydroxylation sites is 1. The van der Waals surface area contributed by atoms with E-state index in [4.69, 9.17) is 11.6 Å². The van der Waals surface area contributed by atoms with Gasteiger partial charge in [-0.05, 0) is 37.9 Å². The topological polar surface area (TPSA) is 52.7 Å². The molecule has 6 heteroatoms. The largest absolute Gasteiger partial charge is 0.334 e. The minimum Gasteiger partial charge on any atom is -0.334 e. The smallest absolute Gasteiger partial charge is 0.249 e. The number of benzene rings is 1. The summed E-state index contributed by atoms with van der Waals surface area (Å²) in [6.45, 7) is 1.57. The predicted octanol–water partition coefficient (Wildman–Crippen LogP) is 2.05. The molecular weight excluding hydrogens is 314 g/mol. The number of anilines is 1. The molecule has 0 radical (unpaired) electrons. The third kappa shape index (κ3) is 3.35. The zero-order valence-electron chi connectivity index (χ0n) is 13.3. The number of nitrogens with one attached hydrogen (secondary N) is 1. The van der Waals surface area contributed by atoms with Crippen LogP contribution in [-0.2, 0) is 9.59 Å². The molecule has 1 aromatic carbocycles. The summed E-state index contributed by atoms with van der Waals surface area (Å²) in [4.78, 5) is 28.4. The van der Waals surface area contributed by atoms with Crippen LogP contribution in [0.4, 0.5) is 5.69 Å². The maximum absolute atomic E-state index is 12.7. The van der Waals surface area contributed by atoms with Gasteiger partial charge in [-0.1, -0.05) is 23.7 Å². The molecule has 2 fully saturated rings. The molecule has 1 aromatic rings. The van der Waals surface area contributed by atoms with Crippen LogP contribution in [0.2, 0.25) is 5.02 Å². The van der Waals surface area contributed by atoms with Gasteiger partial charge in [-0.25, -0.2) is 0 Å². The molecule has 1 N–H and O–H groups in total. The highest BCUT2D eigenvalue weighted by atomic mass is 35.5. The van der Waals surface area contributed by atoms with E-state index < -0.39 is 0 Å². The predicted molar refractivity (Wildman–Crippen MR) is 90.6 cm³/mol. The first-order valence-electron chi connectivity index (χ1n) is 8.13. The van der Waals surface area contributed by atoms with Crippen LogP contribution in [0.15, 0.2) is 24.3 Å². The third-order valence-corrected chi connectivity index (χ3v) is 5.08. The highest BCUT2D eigenvalue weighted by Gasteiger charge is 2.38. The van der Waals surface area contributed by atoms with Gasteiger partial charge < -0.3 is 15.1 Å². The Labute approximate surface area is 141 Å². The molecule has 124 valence electrons. The van der Waals surface area contributed by atoms with Crippen LogP contribution in [-0.4, -0.2) is 48.9 Å². The average Bonchev–Trinajstić information content (AvgIpc) is 3.17. The van der Waals surface area contributed by atoms with Crippen LogP contribution in [0.1, 0.15) is 25.7 Å². The number of amides is 2. The molecule has 0 bridgehead atoms. The van der Waals surface area contributed by atoms with E-state index in [2.05, 4.69) is 5.32 Å². The molecule has 0 aromatic heterocycles. The number of carbonyl (C=O) groups is 2. The van der Waals surface area contributed by atoms with Crippen molar-refractivity contribution in [2.24, 2.45) is 0 Å². The Kier molecular flexibility index (Phi) is 4.87. The Morgan fingerprint density at radius 3 is 2.87 bits per heavy atom. The Hall–Kier alpha value is -1.59. The summed E-state index contributed by atoms with van der Waals surface area (Å²) in [6, 6.07) is 7.18. The summed E-state index contributed by atoms with van der Waals surface area (Å²) in [5.74, 6) is -0.0166. The fraction of sp³-hybridized carbons (Fsp3) is 0.529. The van der Waals surface area contributed by atoms with Gasteiger partial charge in [0.05, 0.1) is 10.7 Å². The zero-order chi connectivity index (χ0) is 16.4. The molecule has 2 saturated heterocycles. The average molecular weight is 336 g/mol. The molecule has 2 unspecified atom stereocenters. The lowest BCUT2D eigenvalue weighted by atomic mass is 10.1. The van der Waals surface area contributed by atoms with Gasteiger partial charge in [0.25, 0.3) is 0 Å².